The Bertz CT molecular complexity index is 530. The Hall–Kier alpha value is -1.09. The maximum absolute atomic E-state index is 12.1. The summed E-state index contributed by atoms with van der Waals surface area (Å²) in [6.45, 7) is 6.17. The molecule has 1 atom stereocenters. The van der Waals surface area contributed by atoms with Crippen LogP contribution in [0, 0.1) is 0 Å². The summed E-state index contributed by atoms with van der Waals surface area (Å²) in [6.07, 6.45) is 8.05. The Morgan fingerprint density at radius 1 is 1.15 bits per heavy atom. The first kappa shape index (κ1) is 17.0. The van der Waals surface area contributed by atoms with E-state index in [4.69, 9.17) is 0 Å². The maximum Gasteiger partial charge on any atom is 0.178 e. The van der Waals surface area contributed by atoms with Gasteiger partial charge in [-0.3, -0.25) is 0 Å². The third-order valence-electron chi connectivity index (χ3n) is 3.48. The van der Waals surface area contributed by atoms with Gasteiger partial charge in [0, 0.05) is 0 Å². The van der Waals surface area contributed by atoms with Crippen LogP contribution in [0.3, 0.4) is 0 Å². The van der Waals surface area contributed by atoms with E-state index in [0.29, 0.717) is 17.2 Å². The van der Waals surface area contributed by atoms with Gasteiger partial charge in [-0.25, -0.2) is 8.42 Å². The second-order valence-electron chi connectivity index (χ2n) is 5.11. The van der Waals surface area contributed by atoms with Crippen molar-refractivity contribution in [2.45, 2.75) is 57.3 Å². The molecule has 1 unspecified atom stereocenters. The number of benzene rings is 1. The molecule has 0 spiro atoms. The molecule has 0 saturated heterocycles. The van der Waals surface area contributed by atoms with Gasteiger partial charge in [-0.05, 0) is 49.3 Å². The van der Waals surface area contributed by atoms with E-state index < -0.39 is 9.84 Å². The molecule has 1 aromatic carbocycles. The first-order valence-corrected chi connectivity index (χ1v) is 9.18. The molecule has 112 valence electrons. The Balaban J connectivity index is 2.99. The smallest absolute Gasteiger partial charge is 0.178 e. The van der Waals surface area contributed by atoms with Gasteiger partial charge in [0.25, 0.3) is 0 Å². The van der Waals surface area contributed by atoms with Crippen molar-refractivity contribution in [3.8, 4) is 0 Å². The molecule has 0 bridgehead atoms. The summed E-state index contributed by atoms with van der Waals surface area (Å²) in [5.41, 5.74) is 1.13. The summed E-state index contributed by atoms with van der Waals surface area (Å²) >= 11 is 0. The summed E-state index contributed by atoms with van der Waals surface area (Å²) in [6, 6.07) is 7.48. The second kappa shape index (κ2) is 8.25. The van der Waals surface area contributed by atoms with Gasteiger partial charge in [-0.2, -0.15) is 0 Å². The molecule has 2 nitrogen and oxygen atoms in total. The van der Waals surface area contributed by atoms with Gasteiger partial charge in [-0.1, -0.05) is 45.1 Å². The Morgan fingerprint density at radius 2 is 1.90 bits per heavy atom. The number of rotatable bonds is 8. The fourth-order valence-electron chi connectivity index (χ4n) is 2.31. The molecule has 0 aliphatic carbocycles. The van der Waals surface area contributed by atoms with Crippen LogP contribution in [-0.4, -0.2) is 14.2 Å². The average Bonchev–Trinajstić information content (AvgIpc) is 2.44. The molecule has 1 rings (SSSR count). The SMILES string of the molecule is CC/C=C\CC(CC)c1cccc(S(=O)(=O)CCC)c1. The molecule has 0 radical (unpaired) electrons. The lowest BCUT2D eigenvalue weighted by molar-refractivity contribution is 0.594. The monoisotopic (exact) mass is 294 g/mol. The summed E-state index contributed by atoms with van der Waals surface area (Å²) in [7, 11) is -3.12. The minimum atomic E-state index is -3.12. The van der Waals surface area contributed by atoms with Crippen LogP contribution < -0.4 is 0 Å². The molecule has 0 aliphatic rings. The first-order chi connectivity index (χ1) is 9.55. The van der Waals surface area contributed by atoms with Crippen molar-refractivity contribution >= 4 is 9.84 Å². The molecule has 0 amide bonds. The summed E-state index contributed by atoms with van der Waals surface area (Å²) in [5, 5.41) is 0. The molecule has 3 heteroatoms. The van der Waals surface area contributed by atoms with Crippen LogP contribution in [-0.2, 0) is 9.84 Å². The quantitative estimate of drug-likeness (QED) is 0.650. The molecule has 0 fully saturated rings. The second-order valence-corrected chi connectivity index (χ2v) is 7.22. The standard InChI is InChI=1S/C17H26O2S/c1-4-7-8-10-15(6-3)16-11-9-12-17(14-16)20(18,19)13-5-2/h7-9,11-12,14-15H,4-6,10,13H2,1-3H3/b8-7-. The van der Waals surface area contributed by atoms with Gasteiger partial charge in [0.2, 0.25) is 0 Å². The summed E-state index contributed by atoms with van der Waals surface area (Å²) in [4.78, 5) is 0.467. The van der Waals surface area contributed by atoms with Crippen LogP contribution in [0.4, 0.5) is 0 Å². The molecule has 0 aliphatic heterocycles. The van der Waals surface area contributed by atoms with Crippen molar-refractivity contribution in [2.75, 3.05) is 5.75 Å². The molecule has 0 heterocycles. The molecule has 0 aromatic heterocycles. The fraction of sp³-hybridized carbons (Fsp3) is 0.529. The highest BCUT2D eigenvalue weighted by Gasteiger charge is 2.15. The van der Waals surface area contributed by atoms with Gasteiger partial charge >= 0.3 is 0 Å². The Kier molecular flexibility index (Phi) is 7.00. The van der Waals surface area contributed by atoms with Gasteiger partial charge in [0.15, 0.2) is 9.84 Å². The van der Waals surface area contributed by atoms with Gasteiger partial charge < -0.3 is 0 Å². The zero-order valence-electron chi connectivity index (χ0n) is 12.8. The molecular formula is C17H26O2S. The highest BCUT2D eigenvalue weighted by molar-refractivity contribution is 7.91. The first-order valence-electron chi connectivity index (χ1n) is 7.52. The van der Waals surface area contributed by atoms with E-state index in [0.717, 1.165) is 24.8 Å². The molecule has 1 aromatic rings. The predicted octanol–water partition coefficient (Wildman–Crippen LogP) is 4.72. The lowest BCUT2D eigenvalue weighted by Gasteiger charge is -2.14. The minimum absolute atomic E-state index is 0.225. The van der Waals surface area contributed by atoms with Crippen LogP contribution in [0.25, 0.3) is 0 Å². The highest BCUT2D eigenvalue weighted by atomic mass is 32.2. The van der Waals surface area contributed by atoms with E-state index in [1.807, 2.05) is 25.1 Å². The van der Waals surface area contributed by atoms with Gasteiger partial charge in [0.05, 0.1) is 10.6 Å². The van der Waals surface area contributed by atoms with Gasteiger partial charge in [0.1, 0.15) is 0 Å². The Morgan fingerprint density at radius 3 is 2.50 bits per heavy atom. The molecule has 0 saturated carbocycles. The van der Waals surface area contributed by atoms with E-state index in [9.17, 15) is 8.42 Å². The summed E-state index contributed by atoms with van der Waals surface area (Å²) < 4.78 is 24.3. The van der Waals surface area contributed by atoms with Crippen LogP contribution >= 0.6 is 0 Å². The zero-order valence-corrected chi connectivity index (χ0v) is 13.6. The van der Waals surface area contributed by atoms with Crippen LogP contribution in [0.2, 0.25) is 0 Å². The minimum Gasteiger partial charge on any atom is -0.224 e. The number of sulfone groups is 1. The maximum atomic E-state index is 12.1. The van der Waals surface area contributed by atoms with Crippen molar-refractivity contribution in [3.63, 3.8) is 0 Å². The van der Waals surface area contributed by atoms with Gasteiger partial charge in [-0.15, -0.1) is 0 Å². The molecule has 0 N–H and O–H groups in total. The fourth-order valence-corrected chi connectivity index (χ4v) is 3.69. The molecular weight excluding hydrogens is 268 g/mol. The van der Waals surface area contributed by atoms with Crippen molar-refractivity contribution in [3.05, 3.63) is 42.0 Å². The van der Waals surface area contributed by atoms with Crippen LogP contribution in [0.1, 0.15) is 57.9 Å². The van der Waals surface area contributed by atoms with Crippen molar-refractivity contribution < 1.29 is 8.42 Å². The van der Waals surface area contributed by atoms with Crippen molar-refractivity contribution in [1.82, 2.24) is 0 Å². The van der Waals surface area contributed by atoms with Crippen molar-refractivity contribution in [2.24, 2.45) is 0 Å². The summed E-state index contributed by atoms with van der Waals surface area (Å²) in [5.74, 6) is 0.623. The third-order valence-corrected chi connectivity index (χ3v) is 5.40. The highest BCUT2D eigenvalue weighted by Crippen LogP contribution is 2.26. The average molecular weight is 294 g/mol. The number of hydrogen-bond acceptors (Lipinski definition) is 2. The van der Waals surface area contributed by atoms with E-state index in [2.05, 4.69) is 26.0 Å². The zero-order chi connectivity index (χ0) is 15.0. The lowest BCUT2D eigenvalue weighted by atomic mass is 9.93. The number of allylic oxidation sites excluding steroid dienone is 2. The van der Waals surface area contributed by atoms with Crippen LogP contribution in [0.15, 0.2) is 41.3 Å². The van der Waals surface area contributed by atoms with Crippen molar-refractivity contribution in [1.29, 1.82) is 0 Å². The lowest BCUT2D eigenvalue weighted by Crippen LogP contribution is -2.07. The van der Waals surface area contributed by atoms with Crippen LogP contribution in [0.5, 0.6) is 0 Å². The predicted molar refractivity (Wildman–Crippen MR) is 85.9 cm³/mol. The van der Waals surface area contributed by atoms with E-state index in [-0.39, 0.29) is 5.75 Å². The topological polar surface area (TPSA) is 34.1 Å². The van der Waals surface area contributed by atoms with E-state index >= 15 is 0 Å². The third kappa shape index (κ3) is 4.78. The molecule has 20 heavy (non-hydrogen) atoms. The number of hydrogen-bond donors (Lipinski definition) is 0. The largest absolute Gasteiger partial charge is 0.224 e. The normalized spacial score (nSPS) is 13.8. The van der Waals surface area contributed by atoms with E-state index in [1.54, 1.807) is 6.07 Å². The van der Waals surface area contributed by atoms with E-state index in [1.165, 1.54) is 0 Å². The Labute approximate surface area is 123 Å².